The Labute approximate surface area is 122 Å². The molecule has 0 aliphatic heterocycles. The molecule has 1 fully saturated rings. The molecule has 2 aliphatic carbocycles. The van der Waals surface area contributed by atoms with Gasteiger partial charge in [0, 0.05) is 6.04 Å². The van der Waals surface area contributed by atoms with Gasteiger partial charge in [0.1, 0.15) is 5.75 Å². The second kappa shape index (κ2) is 6.17. The predicted octanol–water partition coefficient (Wildman–Crippen LogP) is 3.58. The lowest BCUT2D eigenvalue weighted by Gasteiger charge is -2.27. The fraction of sp³-hybridized carbons (Fsp3) is 0.667. The van der Waals surface area contributed by atoms with Gasteiger partial charge in [-0.15, -0.1) is 0 Å². The summed E-state index contributed by atoms with van der Waals surface area (Å²) in [4.78, 5) is 0. The monoisotopic (exact) mass is 273 g/mol. The molecule has 2 heteroatoms. The van der Waals surface area contributed by atoms with Gasteiger partial charge in [0.25, 0.3) is 0 Å². The van der Waals surface area contributed by atoms with Gasteiger partial charge in [-0.05, 0) is 73.7 Å². The fourth-order valence-corrected chi connectivity index (χ4v) is 3.88. The lowest BCUT2D eigenvalue weighted by atomic mass is 9.88. The Morgan fingerprint density at radius 2 is 2.10 bits per heavy atom. The zero-order valence-corrected chi connectivity index (χ0v) is 12.8. The van der Waals surface area contributed by atoms with Gasteiger partial charge in [0.15, 0.2) is 0 Å². The van der Waals surface area contributed by atoms with Crippen molar-refractivity contribution in [1.82, 2.24) is 5.32 Å². The Morgan fingerprint density at radius 3 is 2.85 bits per heavy atom. The van der Waals surface area contributed by atoms with Crippen LogP contribution in [0.5, 0.6) is 5.75 Å². The number of hydrogen-bond acceptors (Lipinski definition) is 2. The molecular formula is C18H27NO. The average molecular weight is 273 g/mol. The topological polar surface area (TPSA) is 21.3 Å². The van der Waals surface area contributed by atoms with Crippen LogP contribution in [0.3, 0.4) is 0 Å². The second-order valence-corrected chi connectivity index (χ2v) is 6.77. The van der Waals surface area contributed by atoms with Crippen molar-refractivity contribution in [2.45, 2.75) is 51.5 Å². The Morgan fingerprint density at radius 1 is 1.20 bits per heavy atom. The summed E-state index contributed by atoms with van der Waals surface area (Å²) in [6.45, 7) is 3.61. The van der Waals surface area contributed by atoms with Crippen LogP contribution in [0, 0.1) is 11.8 Å². The van der Waals surface area contributed by atoms with Crippen molar-refractivity contribution in [3.05, 3.63) is 29.3 Å². The molecule has 1 aromatic rings. The largest absolute Gasteiger partial charge is 0.497 e. The van der Waals surface area contributed by atoms with E-state index in [4.69, 9.17) is 4.74 Å². The highest BCUT2D eigenvalue weighted by molar-refractivity contribution is 5.37. The van der Waals surface area contributed by atoms with Crippen LogP contribution in [0.15, 0.2) is 18.2 Å². The molecule has 0 radical (unpaired) electrons. The molecule has 3 rings (SSSR count). The molecule has 110 valence electrons. The molecule has 3 unspecified atom stereocenters. The molecular weight excluding hydrogens is 246 g/mol. The predicted molar refractivity (Wildman–Crippen MR) is 83.3 cm³/mol. The first kappa shape index (κ1) is 13.9. The SMILES string of the molecule is COc1ccc2c(c1)CC(NCC1CCC(C)C1)CC2. The van der Waals surface area contributed by atoms with E-state index in [1.807, 2.05) is 0 Å². The van der Waals surface area contributed by atoms with Gasteiger partial charge in [0.05, 0.1) is 7.11 Å². The van der Waals surface area contributed by atoms with Crippen molar-refractivity contribution >= 4 is 0 Å². The van der Waals surface area contributed by atoms with Crippen molar-refractivity contribution in [1.29, 1.82) is 0 Å². The van der Waals surface area contributed by atoms with Crippen LogP contribution in [0.1, 0.15) is 43.7 Å². The van der Waals surface area contributed by atoms with E-state index in [9.17, 15) is 0 Å². The lowest BCUT2D eigenvalue weighted by Crippen LogP contribution is -2.37. The number of hydrogen-bond donors (Lipinski definition) is 1. The van der Waals surface area contributed by atoms with Crippen LogP contribution in [0.4, 0.5) is 0 Å². The molecule has 2 nitrogen and oxygen atoms in total. The maximum Gasteiger partial charge on any atom is 0.119 e. The summed E-state index contributed by atoms with van der Waals surface area (Å²) in [6, 6.07) is 7.21. The molecule has 0 bridgehead atoms. The third-order valence-corrected chi connectivity index (χ3v) is 5.14. The summed E-state index contributed by atoms with van der Waals surface area (Å²) >= 11 is 0. The van der Waals surface area contributed by atoms with Crippen molar-refractivity contribution in [3.63, 3.8) is 0 Å². The van der Waals surface area contributed by atoms with E-state index in [2.05, 4.69) is 30.4 Å². The zero-order chi connectivity index (χ0) is 13.9. The molecule has 3 atom stereocenters. The van der Waals surface area contributed by atoms with Crippen LogP contribution in [-0.2, 0) is 12.8 Å². The standard InChI is InChI=1S/C18H27NO/c1-13-3-4-14(9-13)12-19-17-7-5-15-6-8-18(20-2)11-16(15)10-17/h6,8,11,13-14,17,19H,3-5,7,9-10,12H2,1-2H3. The van der Waals surface area contributed by atoms with Gasteiger partial charge < -0.3 is 10.1 Å². The first-order chi connectivity index (χ1) is 9.74. The fourth-order valence-electron chi connectivity index (χ4n) is 3.88. The van der Waals surface area contributed by atoms with Crippen LogP contribution >= 0.6 is 0 Å². The van der Waals surface area contributed by atoms with E-state index in [-0.39, 0.29) is 0 Å². The number of benzene rings is 1. The normalized spacial score (nSPS) is 29.2. The third kappa shape index (κ3) is 3.17. The minimum absolute atomic E-state index is 0.658. The summed E-state index contributed by atoms with van der Waals surface area (Å²) < 4.78 is 5.35. The highest BCUT2D eigenvalue weighted by Crippen LogP contribution is 2.30. The third-order valence-electron chi connectivity index (χ3n) is 5.14. The Kier molecular flexibility index (Phi) is 4.30. The summed E-state index contributed by atoms with van der Waals surface area (Å²) in [5.41, 5.74) is 2.99. The highest BCUT2D eigenvalue weighted by atomic mass is 16.5. The van der Waals surface area contributed by atoms with Crippen LogP contribution in [0.2, 0.25) is 0 Å². The van der Waals surface area contributed by atoms with E-state index in [0.29, 0.717) is 6.04 Å². The maximum atomic E-state index is 5.35. The quantitative estimate of drug-likeness (QED) is 0.905. The van der Waals surface area contributed by atoms with Gasteiger partial charge in [-0.2, -0.15) is 0 Å². The van der Waals surface area contributed by atoms with Gasteiger partial charge >= 0.3 is 0 Å². The number of nitrogens with one attached hydrogen (secondary N) is 1. The molecule has 2 aliphatic rings. The average Bonchev–Trinajstić information content (AvgIpc) is 2.90. The highest BCUT2D eigenvalue weighted by Gasteiger charge is 2.23. The molecule has 0 spiro atoms. The Hall–Kier alpha value is -1.02. The molecule has 1 aromatic carbocycles. The van der Waals surface area contributed by atoms with E-state index >= 15 is 0 Å². The first-order valence-electron chi connectivity index (χ1n) is 8.13. The summed E-state index contributed by atoms with van der Waals surface area (Å²) in [5.74, 6) is 2.85. The second-order valence-electron chi connectivity index (χ2n) is 6.77. The van der Waals surface area contributed by atoms with Crippen molar-refractivity contribution in [2.75, 3.05) is 13.7 Å². The van der Waals surface area contributed by atoms with Crippen LogP contribution < -0.4 is 10.1 Å². The number of methoxy groups -OCH3 is 1. The molecule has 1 N–H and O–H groups in total. The lowest BCUT2D eigenvalue weighted by molar-refractivity contribution is 0.392. The molecule has 1 saturated carbocycles. The maximum absolute atomic E-state index is 5.35. The Bertz CT molecular complexity index is 457. The molecule has 0 saturated heterocycles. The number of aryl methyl sites for hydroxylation is 1. The van der Waals surface area contributed by atoms with E-state index in [1.165, 1.54) is 49.8 Å². The summed E-state index contributed by atoms with van der Waals surface area (Å²) in [5, 5.41) is 3.82. The van der Waals surface area contributed by atoms with Gasteiger partial charge in [-0.25, -0.2) is 0 Å². The smallest absolute Gasteiger partial charge is 0.119 e. The van der Waals surface area contributed by atoms with Crippen molar-refractivity contribution in [2.24, 2.45) is 11.8 Å². The molecule has 0 amide bonds. The number of fused-ring (bicyclic) bond motifs is 1. The van der Waals surface area contributed by atoms with E-state index in [1.54, 1.807) is 7.11 Å². The van der Waals surface area contributed by atoms with Crippen LogP contribution in [-0.4, -0.2) is 19.7 Å². The summed E-state index contributed by atoms with van der Waals surface area (Å²) in [7, 11) is 1.75. The van der Waals surface area contributed by atoms with Crippen molar-refractivity contribution < 1.29 is 4.74 Å². The minimum Gasteiger partial charge on any atom is -0.497 e. The minimum atomic E-state index is 0.658. The van der Waals surface area contributed by atoms with E-state index in [0.717, 1.165) is 24.0 Å². The zero-order valence-electron chi connectivity index (χ0n) is 12.8. The summed E-state index contributed by atoms with van der Waals surface area (Å²) in [6.07, 6.45) is 7.92. The van der Waals surface area contributed by atoms with E-state index < -0.39 is 0 Å². The Balaban J connectivity index is 1.55. The van der Waals surface area contributed by atoms with Crippen molar-refractivity contribution in [3.8, 4) is 5.75 Å². The van der Waals surface area contributed by atoms with Crippen LogP contribution in [0.25, 0.3) is 0 Å². The molecule has 0 aromatic heterocycles. The first-order valence-corrected chi connectivity index (χ1v) is 8.13. The molecule has 0 heterocycles. The number of rotatable bonds is 4. The molecule has 20 heavy (non-hydrogen) atoms. The van der Waals surface area contributed by atoms with Gasteiger partial charge in [-0.3, -0.25) is 0 Å². The van der Waals surface area contributed by atoms with Gasteiger partial charge in [-0.1, -0.05) is 19.4 Å². The number of ether oxygens (including phenoxy) is 1. The van der Waals surface area contributed by atoms with Gasteiger partial charge in [0.2, 0.25) is 0 Å².